The predicted molar refractivity (Wildman–Crippen MR) is 62.0 cm³/mol. The average molecular weight is 270 g/mol. The number of halogens is 2. The predicted octanol–water partition coefficient (Wildman–Crippen LogP) is 1.69. The zero-order valence-electron chi connectivity index (χ0n) is 9.91. The third kappa shape index (κ3) is 2.10. The smallest absolute Gasteiger partial charge is 0.395 e. The van der Waals surface area contributed by atoms with Gasteiger partial charge in [-0.3, -0.25) is 4.79 Å². The molecule has 0 spiro atoms. The largest absolute Gasteiger partial charge is 0.586 e. The Bertz CT molecular complexity index is 544. The van der Waals surface area contributed by atoms with E-state index in [1.165, 1.54) is 18.2 Å². The Morgan fingerprint density at radius 2 is 2.00 bits per heavy atom. The number of benzene rings is 1. The molecule has 0 unspecified atom stereocenters. The topological polar surface area (TPSA) is 73.6 Å². The summed E-state index contributed by atoms with van der Waals surface area (Å²) < 4.78 is 34.3. The van der Waals surface area contributed by atoms with Crippen LogP contribution in [0.5, 0.6) is 11.5 Å². The van der Waals surface area contributed by atoms with E-state index in [-0.39, 0.29) is 24.0 Å². The molecule has 0 bridgehead atoms. The molecular formula is C12H12F2N2O3. The number of amides is 1. The van der Waals surface area contributed by atoms with Gasteiger partial charge in [-0.25, -0.2) is 0 Å². The second-order valence-electron chi connectivity index (χ2n) is 4.77. The number of hydrogen-bond donors (Lipinski definition) is 2. The summed E-state index contributed by atoms with van der Waals surface area (Å²) in [6.45, 7) is 0.279. The van der Waals surface area contributed by atoms with E-state index in [0.717, 1.165) is 12.8 Å². The molecule has 0 atom stereocenters. The highest BCUT2D eigenvalue weighted by molar-refractivity contribution is 5.97. The van der Waals surface area contributed by atoms with Crippen molar-refractivity contribution in [3.63, 3.8) is 0 Å². The van der Waals surface area contributed by atoms with Crippen LogP contribution in [0.4, 0.5) is 14.5 Å². The van der Waals surface area contributed by atoms with Gasteiger partial charge in [0.2, 0.25) is 5.91 Å². The second kappa shape index (κ2) is 3.80. The third-order valence-corrected chi connectivity index (χ3v) is 3.39. The summed E-state index contributed by atoms with van der Waals surface area (Å²) in [7, 11) is 0. The molecule has 102 valence electrons. The standard InChI is InChI=1S/C12H12F2N2O3/c13-12(14)18-8-2-1-7(5-9(8)19-12)16-10(17)11(6-15)3-4-11/h1-2,5H,3-4,6,15H2,(H,16,17). The van der Waals surface area contributed by atoms with Gasteiger partial charge in [0, 0.05) is 18.3 Å². The number of carbonyl (C=O) groups is 1. The van der Waals surface area contributed by atoms with Crippen molar-refractivity contribution in [3.05, 3.63) is 18.2 Å². The van der Waals surface area contributed by atoms with Crippen molar-refractivity contribution in [1.29, 1.82) is 0 Å². The van der Waals surface area contributed by atoms with Gasteiger partial charge in [-0.1, -0.05) is 0 Å². The first-order valence-corrected chi connectivity index (χ1v) is 5.86. The molecule has 2 aliphatic rings. The van der Waals surface area contributed by atoms with Crippen LogP contribution < -0.4 is 20.5 Å². The van der Waals surface area contributed by atoms with Crippen LogP contribution in [-0.4, -0.2) is 18.7 Å². The normalized spacial score (nSPS) is 21.0. The summed E-state index contributed by atoms with van der Waals surface area (Å²) in [5.41, 5.74) is 5.42. The Hall–Kier alpha value is -1.89. The molecule has 3 rings (SSSR count). The van der Waals surface area contributed by atoms with Gasteiger partial charge in [0.25, 0.3) is 0 Å². The Kier molecular flexibility index (Phi) is 2.43. The lowest BCUT2D eigenvalue weighted by molar-refractivity contribution is -0.286. The Morgan fingerprint density at radius 1 is 1.32 bits per heavy atom. The van der Waals surface area contributed by atoms with Gasteiger partial charge in [-0.05, 0) is 25.0 Å². The van der Waals surface area contributed by atoms with E-state index >= 15 is 0 Å². The van der Waals surface area contributed by atoms with E-state index in [1.807, 2.05) is 0 Å². The number of nitrogens with two attached hydrogens (primary N) is 1. The van der Waals surface area contributed by atoms with Crippen molar-refractivity contribution in [3.8, 4) is 11.5 Å². The number of fused-ring (bicyclic) bond motifs is 1. The molecule has 1 heterocycles. The Balaban J connectivity index is 1.76. The number of alkyl halides is 2. The first-order chi connectivity index (χ1) is 8.94. The number of nitrogens with one attached hydrogen (secondary N) is 1. The minimum atomic E-state index is -3.65. The lowest BCUT2D eigenvalue weighted by Gasteiger charge is -2.12. The summed E-state index contributed by atoms with van der Waals surface area (Å²) >= 11 is 0. The van der Waals surface area contributed by atoms with E-state index in [0.29, 0.717) is 5.69 Å². The zero-order valence-corrected chi connectivity index (χ0v) is 9.91. The zero-order chi connectivity index (χ0) is 13.7. The molecular weight excluding hydrogens is 258 g/mol. The van der Waals surface area contributed by atoms with Crippen LogP contribution >= 0.6 is 0 Å². The molecule has 1 aliphatic carbocycles. The van der Waals surface area contributed by atoms with Crippen molar-refractivity contribution in [2.75, 3.05) is 11.9 Å². The van der Waals surface area contributed by atoms with Crippen LogP contribution in [0.2, 0.25) is 0 Å². The van der Waals surface area contributed by atoms with Gasteiger partial charge in [0.1, 0.15) is 0 Å². The number of ether oxygens (including phenoxy) is 2. The van der Waals surface area contributed by atoms with Crippen LogP contribution in [0.15, 0.2) is 18.2 Å². The molecule has 19 heavy (non-hydrogen) atoms. The summed E-state index contributed by atoms with van der Waals surface area (Å²) in [6, 6.07) is 4.11. The van der Waals surface area contributed by atoms with E-state index in [2.05, 4.69) is 14.8 Å². The number of hydrogen-bond acceptors (Lipinski definition) is 4. The monoisotopic (exact) mass is 270 g/mol. The van der Waals surface area contributed by atoms with Crippen molar-refractivity contribution in [2.45, 2.75) is 19.1 Å². The molecule has 1 saturated carbocycles. The van der Waals surface area contributed by atoms with Crippen LogP contribution in [0.3, 0.4) is 0 Å². The maximum atomic E-state index is 12.8. The molecule has 5 nitrogen and oxygen atoms in total. The maximum Gasteiger partial charge on any atom is 0.586 e. The van der Waals surface area contributed by atoms with Gasteiger partial charge < -0.3 is 20.5 Å². The molecule has 1 fully saturated rings. The second-order valence-corrected chi connectivity index (χ2v) is 4.77. The summed E-state index contributed by atoms with van der Waals surface area (Å²) in [6.07, 6.45) is -2.16. The molecule has 0 saturated heterocycles. The highest BCUT2D eigenvalue weighted by Crippen LogP contribution is 2.46. The van der Waals surface area contributed by atoms with E-state index in [9.17, 15) is 13.6 Å². The summed E-state index contributed by atoms with van der Waals surface area (Å²) in [5, 5.41) is 2.65. The molecule has 0 aromatic heterocycles. The van der Waals surface area contributed by atoms with Crippen molar-refractivity contribution < 1.29 is 23.0 Å². The fraction of sp³-hybridized carbons (Fsp3) is 0.417. The average Bonchev–Trinajstić information content (AvgIpc) is 3.07. The molecule has 1 amide bonds. The molecule has 0 radical (unpaired) electrons. The van der Waals surface area contributed by atoms with Gasteiger partial charge in [0.15, 0.2) is 11.5 Å². The summed E-state index contributed by atoms with van der Waals surface area (Å²) in [5.74, 6) is -0.344. The Labute approximate surface area is 107 Å². The number of carbonyl (C=O) groups excluding carboxylic acids is 1. The quantitative estimate of drug-likeness (QED) is 0.876. The van der Waals surface area contributed by atoms with Crippen LogP contribution in [0.1, 0.15) is 12.8 Å². The SMILES string of the molecule is NCC1(C(=O)Nc2ccc3c(c2)OC(F)(F)O3)CC1. The van der Waals surface area contributed by atoms with Gasteiger partial charge in [0.05, 0.1) is 5.41 Å². The van der Waals surface area contributed by atoms with E-state index in [4.69, 9.17) is 5.73 Å². The fourth-order valence-corrected chi connectivity index (χ4v) is 1.97. The maximum absolute atomic E-state index is 12.8. The highest BCUT2D eigenvalue weighted by Gasteiger charge is 2.48. The molecule has 1 aliphatic heterocycles. The lowest BCUT2D eigenvalue weighted by Crippen LogP contribution is -2.30. The minimum absolute atomic E-state index is 0.0528. The minimum Gasteiger partial charge on any atom is -0.395 e. The molecule has 1 aromatic carbocycles. The van der Waals surface area contributed by atoms with Gasteiger partial charge in [-0.2, -0.15) is 0 Å². The summed E-state index contributed by atoms with van der Waals surface area (Å²) in [4.78, 5) is 11.9. The molecule has 7 heteroatoms. The first-order valence-electron chi connectivity index (χ1n) is 5.86. The molecule has 3 N–H and O–H groups in total. The highest BCUT2D eigenvalue weighted by atomic mass is 19.3. The molecule has 1 aromatic rings. The van der Waals surface area contributed by atoms with Crippen LogP contribution in [0, 0.1) is 5.41 Å². The van der Waals surface area contributed by atoms with Crippen molar-refractivity contribution >= 4 is 11.6 Å². The van der Waals surface area contributed by atoms with E-state index < -0.39 is 11.7 Å². The van der Waals surface area contributed by atoms with Gasteiger partial charge in [-0.15, -0.1) is 8.78 Å². The third-order valence-electron chi connectivity index (χ3n) is 3.39. The van der Waals surface area contributed by atoms with Crippen molar-refractivity contribution in [2.24, 2.45) is 11.1 Å². The van der Waals surface area contributed by atoms with Crippen LogP contribution in [-0.2, 0) is 4.79 Å². The van der Waals surface area contributed by atoms with E-state index in [1.54, 1.807) is 0 Å². The lowest BCUT2D eigenvalue weighted by atomic mass is 10.1. The number of anilines is 1. The fourth-order valence-electron chi connectivity index (χ4n) is 1.97. The van der Waals surface area contributed by atoms with Crippen LogP contribution in [0.25, 0.3) is 0 Å². The first kappa shape index (κ1) is 12.2. The number of rotatable bonds is 3. The van der Waals surface area contributed by atoms with Gasteiger partial charge >= 0.3 is 6.29 Å². The Morgan fingerprint density at radius 3 is 2.63 bits per heavy atom. The van der Waals surface area contributed by atoms with Crippen molar-refractivity contribution in [1.82, 2.24) is 0 Å².